The van der Waals surface area contributed by atoms with Crippen LogP contribution < -0.4 is 4.74 Å². The van der Waals surface area contributed by atoms with Crippen molar-refractivity contribution in [2.75, 3.05) is 6.61 Å². The molecule has 0 radical (unpaired) electrons. The van der Waals surface area contributed by atoms with E-state index in [0.717, 1.165) is 0 Å². The van der Waals surface area contributed by atoms with Crippen LogP contribution in [0.1, 0.15) is 6.92 Å². The molecule has 3 heteroatoms. The van der Waals surface area contributed by atoms with Gasteiger partial charge >= 0.3 is 0 Å². The molecule has 0 aromatic heterocycles. The first-order valence-electron chi connectivity index (χ1n) is 5.39. The number of rotatable bonds is 3. The molecule has 0 saturated carbocycles. The topological polar surface area (TPSA) is 9.23 Å². The summed E-state index contributed by atoms with van der Waals surface area (Å²) in [6.45, 7) is 2.33. The Labute approximate surface area is 98.7 Å². The van der Waals surface area contributed by atoms with Crippen molar-refractivity contribution in [3.05, 3.63) is 54.1 Å². The van der Waals surface area contributed by atoms with Crippen LogP contribution in [0, 0.1) is 11.6 Å². The van der Waals surface area contributed by atoms with Crippen LogP contribution in [0.15, 0.2) is 42.5 Å². The lowest BCUT2D eigenvalue weighted by molar-refractivity contribution is 0.338. The van der Waals surface area contributed by atoms with Crippen LogP contribution >= 0.6 is 0 Å². The van der Waals surface area contributed by atoms with E-state index in [1.54, 1.807) is 24.3 Å². The molecule has 2 aromatic carbocycles. The Bertz CT molecular complexity index is 506. The Morgan fingerprint density at radius 3 is 2.29 bits per heavy atom. The van der Waals surface area contributed by atoms with Crippen LogP contribution in [0.25, 0.3) is 11.1 Å². The monoisotopic (exact) mass is 234 g/mol. The van der Waals surface area contributed by atoms with E-state index in [4.69, 9.17) is 4.74 Å². The number of benzene rings is 2. The van der Waals surface area contributed by atoms with Crippen molar-refractivity contribution in [2.45, 2.75) is 6.92 Å². The second-order valence-corrected chi connectivity index (χ2v) is 3.58. The summed E-state index contributed by atoms with van der Waals surface area (Å²) < 4.78 is 31.7. The van der Waals surface area contributed by atoms with Crippen molar-refractivity contribution in [1.82, 2.24) is 0 Å². The average molecular weight is 234 g/mol. The number of hydrogen-bond donors (Lipinski definition) is 0. The minimum atomic E-state index is -0.373. The molecule has 0 unspecified atom stereocenters. The summed E-state index contributed by atoms with van der Waals surface area (Å²) in [5, 5.41) is 0. The summed E-state index contributed by atoms with van der Waals surface area (Å²) in [5.41, 5.74) is 1.08. The first-order chi connectivity index (χ1) is 8.20. The van der Waals surface area contributed by atoms with E-state index in [2.05, 4.69) is 0 Å². The molecule has 0 aliphatic rings. The van der Waals surface area contributed by atoms with Gasteiger partial charge in [0.15, 0.2) is 0 Å². The fraction of sp³-hybridized carbons (Fsp3) is 0.143. The first kappa shape index (κ1) is 11.6. The van der Waals surface area contributed by atoms with E-state index >= 15 is 0 Å². The lowest BCUT2D eigenvalue weighted by atomic mass is 10.1. The summed E-state index contributed by atoms with van der Waals surface area (Å²) in [4.78, 5) is 0. The molecule has 0 amide bonds. The van der Waals surface area contributed by atoms with E-state index in [9.17, 15) is 8.78 Å². The highest BCUT2D eigenvalue weighted by molar-refractivity contribution is 5.64. The normalized spacial score (nSPS) is 10.3. The van der Waals surface area contributed by atoms with Crippen LogP contribution in [-0.4, -0.2) is 6.61 Å². The third-order valence-electron chi connectivity index (χ3n) is 2.41. The highest BCUT2D eigenvalue weighted by Crippen LogP contribution is 2.26. The summed E-state index contributed by atoms with van der Waals surface area (Å²) >= 11 is 0. The molecule has 1 nitrogen and oxygen atoms in total. The summed E-state index contributed by atoms with van der Waals surface area (Å²) in [6, 6.07) is 10.4. The Balaban J connectivity index is 2.36. The number of ether oxygens (including phenoxy) is 1. The zero-order valence-corrected chi connectivity index (χ0v) is 9.41. The molecule has 0 fully saturated rings. The number of hydrogen-bond acceptors (Lipinski definition) is 1. The van der Waals surface area contributed by atoms with Gasteiger partial charge in [-0.05, 0) is 36.8 Å². The van der Waals surface area contributed by atoms with Gasteiger partial charge in [0.1, 0.15) is 17.4 Å². The third-order valence-corrected chi connectivity index (χ3v) is 2.41. The Kier molecular flexibility index (Phi) is 3.38. The van der Waals surface area contributed by atoms with Gasteiger partial charge in [0, 0.05) is 11.6 Å². The standard InChI is InChI=1S/C14H12F2O/c1-2-17-12-7-8-13(14(16)9-12)10-3-5-11(15)6-4-10/h3-9H,2H2,1H3. The van der Waals surface area contributed by atoms with Crippen molar-refractivity contribution in [3.63, 3.8) is 0 Å². The largest absolute Gasteiger partial charge is 0.494 e. The van der Waals surface area contributed by atoms with E-state index in [0.29, 0.717) is 23.5 Å². The van der Waals surface area contributed by atoms with Gasteiger partial charge in [-0.15, -0.1) is 0 Å². The van der Waals surface area contributed by atoms with E-state index in [1.807, 2.05) is 6.92 Å². The molecule has 2 rings (SSSR count). The maximum atomic E-state index is 13.8. The van der Waals surface area contributed by atoms with Gasteiger partial charge in [0.05, 0.1) is 6.61 Å². The summed E-state index contributed by atoms with van der Waals surface area (Å²) in [5.74, 6) is -0.210. The third kappa shape index (κ3) is 2.61. The van der Waals surface area contributed by atoms with Gasteiger partial charge in [0.25, 0.3) is 0 Å². The quantitative estimate of drug-likeness (QED) is 0.779. The number of halogens is 2. The zero-order valence-electron chi connectivity index (χ0n) is 9.41. The summed E-state index contributed by atoms with van der Waals surface area (Å²) in [7, 11) is 0. The van der Waals surface area contributed by atoms with Crippen molar-refractivity contribution >= 4 is 0 Å². The molecule has 0 N–H and O–H groups in total. The van der Waals surface area contributed by atoms with E-state index in [1.165, 1.54) is 18.2 Å². The predicted octanol–water partition coefficient (Wildman–Crippen LogP) is 4.03. The first-order valence-corrected chi connectivity index (χ1v) is 5.39. The van der Waals surface area contributed by atoms with Gasteiger partial charge in [0.2, 0.25) is 0 Å². The molecule has 0 spiro atoms. The van der Waals surface area contributed by atoms with Gasteiger partial charge in [-0.1, -0.05) is 12.1 Å². The van der Waals surface area contributed by atoms with Crippen LogP contribution in [-0.2, 0) is 0 Å². The molecule has 0 aliphatic heterocycles. The highest BCUT2D eigenvalue weighted by Gasteiger charge is 2.06. The molecule has 0 atom stereocenters. The Morgan fingerprint density at radius 2 is 1.71 bits per heavy atom. The van der Waals surface area contributed by atoms with E-state index in [-0.39, 0.29) is 11.6 Å². The molecule has 0 aliphatic carbocycles. The van der Waals surface area contributed by atoms with Gasteiger partial charge in [-0.3, -0.25) is 0 Å². The maximum absolute atomic E-state index is 13.8. The SMILES string of the molecule is CCOc1ccc(-c2ccc(F)cc2)c(F)c1. The second-order valence-electron chi connectivity index (χ2n) is 3.58. The minimum Gasteiger partial charge on any atom is -0.494 e. The fourth-order valence-electron chi connectivity index (χ4n) is 1.62. The molecule has 0 saturated heterocycles. The van der Waals surface area contributed by atoms with Crippen LogP contribution in [0.2, 0.25) is 0 Å². The predicted molar refractivity (Wildman–Crippen MR) is 63.0 cm³/mol. The second kappa shape index (κ2) is 4.95. The van der Waals surface area contributed by atoms with Crippen molar-refractivity contribution in [3.8, 4) is 16.9 Å². The van der Waals surface area contributed by atoms with Crippen LogP contribution in [0.4, 0.5) is 8.78 Å². The Morgan fingerprint density at radius 1 is 1.00 bits per heavy atom. The van der Waals surface area contributed by atoms with E-state index < -0.39 is 0 Å². The lowest BCUT2D eigenvalue weighted by Gasteiger charge is -2.07. The molecule has 88 valence electrons. The van der Waals surface area contributed by atoms with Gasteiger partial charge in [-0.2, -0.15) is 0 Å². The minimum absolute atomic E-state index is 0.333. The zero-order chi connectivity index (χ0) is 12.3. The van der Waals surface area contributed by atoms with Crippen LogP contribution in [0.5, 0.6) is 5.75 Å². The molecule has 0 bridgehead atoms. The van der Waals surface area contributed by atoms with Crippen molar-refractivity contribution in [1.29, 1.82) is 0 Å². The smallest absolute Gasteiger partial charge is 0.134 e. The lowest BCUT2D eigenvalue weighted by Crippen LogP contribution is -1.93. The average Bonchev–Trinajstić information content (AvgIpc) is 2.31. The summed E-state index contributed by atoms with van der Waals surface area (Å²) in [6.07, 6.45) is 0. The molecule has 2 aromatic rings. The van der Waals surface area contributed by atoms with Crippen molar-refractivity contribution in [2.24, 2.45) is 0 Å². The molecule has 0 heterocycles. The van der Waals surface area contributed by atoms with Gasteiger partial charge in [-0.25, -0.2) is 8.78 Å². The fourth-order valence-corrected chi connectivity index (χ4v) is 1.62. The Hall–Kier alpha value is -1.90. The van der Waals surface area contributed by atoms with Gasteiger partial charge < -0.3 is 4.74 Å². The van der Waals surface area contributed by atoms with Crippen LogP contribution in [0.3, 0.4) is 0 Å². The molecular formula is C14H12F2O. The molecule has 17 heavy (non-hydrogen) atoms. The maximum Gasteiger partial charge on any atom is 0.134 e. The van der Waals surface area contributed by atoms with Crippen molar-refractivity contribution < 1.29 is 13.5 Å². The molecular weight excluding hydrogens is 222 g/mol. The highest BCUT2D eigenvalue weighted by atomic mass is 19.1.